The van der Waals surface area contributed by atoms with Crippen molar-refractivity contribution in [2.24, 2.45) is 5.92 Å². The Morgan fingerprint density at radius 3 is 2.57 bits per heavy atom. The molecule has 0 aromatic heterocycles. The number of amides is 2. The van der Waals surface area contributed by atoms with Crippen molar-refractivity contribution in [1.82, 2.24) is 10.2 Å². The molecule has 21 heavy (non-hydrogen) atoms. The number of hydrogen-bond acceptors (Lipinski definition) is 2. The van der Waals surface area contributed by atoms with Gasteiger partial charge in [-0.25, -0.2) is 0 Å². The van der Waals surface area contributed by atoms with Gasteiger partial charge in [0.1, 0.15) is 5.54 Å². The van der Waals surface area contributed by atoms with Crippen molar-refractivity contribution in [3.05, 3.63) is 0 Å². The molecule has 2 unspecified atom stereocenters. The Bertz CT molecular complexity index is 415. The van der Waals surface area contributed by atoms with Gasteiger partial charge in [0.2, 0.25) is 11.8 Å². The highest BCUT2D eigenvalue weighted by molar-refractivity contribution is 5.93. The van der Waals surface area contributed by atoms with E-state index in [-0.39, 0.29) is 11.8 Å². The van der Waals surface area contributed by atoms with Crippen LogP contribution in [0.2, 0.25) is 0 Å². The first-order valence-corrected chi connectivity index (χ1v) is 8.73. The molecular weight excluding hydrogens is 264 g/mol. The molecule has 0 bridgehead atoms. The zero-order chi connectivity index (χ0) is 14.9. The van der Waals surface area contributed by atoms with Gasteiger partial charge in [-0.15, -0.1) is 0 Å². The van der Waals surface area contributed by atoms with Gasteiger partial charge in [-0.2, -0.15) is 0 Å². The van der Waals surface area contributed by atoms with Gasteiger partial charge >= 0.3 is 0 Å². The Morgan fingerprint density at radius 2 is 1.86 bits per heavy atom. The van der Waals surface area contributed by atoms with Gasteiger partial charge in [0.05, 0.1) is 0 Å². The molecule has 3 rings (SSSR count). The summed E-state index contributed by atoms with van der Waals surface area (Å²) in [6, 6.07) is 0.354. The maximum absolute atomic E-state index is 13.2. The summed E-state index contributed by atoms with van der Waals surface area (Å²) in [5.74, 6) is 0.981. The fourth-order valence-corrected chi connectivity index (χ4v) is 4.51. The van der Waals surface area contributed by atoms with E-state index in [9.17, 15) is 9.59 Å². The second-order valence-corrected chi connectivity index (χ2v) is 7.37. The summed E-state index contributed by atoms with van der Waals surface area (Å²) in [7, 11) is 0. The molecule has 2 amide bonds. The predicted molar refractivity (Wildman–Crippen MR) is 81.7 cm³/mol. The molecule has 3 fully saturated rings. The fraction of sp³-hybridized carbons (Fsp3) is 0.882. The molecule has 1 N–H and O–H groups in total. The SMILES string of the molecule is CC1CCCC(N2CCC(=O)NC3(CCCCC3)C2=O)C1. The van der Waals surface area contributed by atoms with E-state index in [1.807, 2.05) is 0 Å². The number of nitrogens with zero attached hydrogens (tertiary/aromatic N) is 1. The summed E-state index contributed by atoms with van der Waals surface area (Å²) in [6.07, 6.45) is 10.1. The molecule has 2 aliphatic carbocycles. The Labute approximate surface area is 127 Å². The normalized spacial score (nSPS) is 33.7. The van der Waals surface area contributed by atoms with Gasteiger partial charge in [-0.1, -0.05) is 39.0 Å². The lowest BCUT2D eigenvalue weighted by atomic mass is 9.79. The van der Waals surface area contributed by atoms with Crippen molar-refractivity contribution < 1.29 is 9.59 Å². The third-order valence-electron chi connectivity index (χ3n) is 5.69. The van der Waals surface area contributed by atoms with E-state index < -0.39 is 5.54 Å². The monoisotopic (exact) mass is 292 g/mol. The van der Waals surface area contributed by atoms with Crippen LogP contribution in [0.15, 0.2) is 0 Å². The van der Waals surface area contributed by atoms with Crippen LogP contribution in [0.1, 0.15) is 71.1 Å². The van der Waals surface area contributed by atoms with Crippen LogP contribution >= 0.6 is 0 Å². The zero-order valence-corrected chi connectivity index (χ0v) is 13.2. The minimum atomic E-state index is -0.577. The molecular formula is C17H28N2O2. The fourth-order valence-electron chi connectivity index (χ4n) is 4.51. The van der Waals surface area contributed by atoms with E-state index in [0.29, 0.717) is 24.9 Å². The van der Waals surface area contributed by atoms with Crippen molar-refractivity contribution in [2.45, 2.75) is 82.7 Å². The number of hydrogen-bond donors (Lipinski definition) is 1. The second-order valence-electron chi connectivity index (χ2n) is 7.37. The van der Waals surface area contributed by atoms with Gasteiger partial charge < -0.3 is 10.2 Å². The summed E-state index contributed by atoms with van der Waals surface area (Å²) in [4.78, 5) is 27.4. The lowest BCUT2D eigenvalue weighted by Gasteiger charge is -2.42. The second kappa shape index (κ2) is 5.98. The molecule has 2 atom stereocenters. The number of rotatable bonds is 1. The first-order chi connectivity index (χ1) is 10.1. The van der Waals surface area contributed by atoms with Crippen molar-refractivity contribution in [1.29, 1.82) is 0 Å². The standard InChI is InChI=1S/C17H28N2O2/c1-13-6-5-7-14(12-13)19-11-8-15(20)18-17(16(19)21)9-3-2-4-10-17/h13-14H,2-12H2,1H3,(H,18,20). The average molecular weight is 292 g/mol. The van der Waals surface area contributed by atoms with Gasteiger partial charge in [-0.05, 0) is 31.6 Å². The molecule has 1 heterocycles. The highest BCUT2D eigenvalue weighted by Crippen LogP contribution is 2.35. The molecule has 4 nitrogen and oxygen atoms in total. The zero-order valence-electron chi connectivity index (χ0n) is 13.2. The van der Waals surface area contributed by atoms with Crippen LogP contribution in [0.25, 0.3) is 0 Å². The van der Waals surface area contributed by atoms with Crippen LogP contribution in [-0.4, -0.2) is 34.8 Å². The van der Waals surface area contributed by atoms with Crippen LogP contribution in [-0.2, 0) is 9.59 Å². The number of nitrogens with one attached hydrogen (secondary N) is 1. The Morgan fingerprint density at radius 1 is 1.10 bits per heavy atom. The van der Waals surface area contributed by atoms with Crippen molar-refractivity contribution in [3.8, 4) is 0 Å². The minimum Gasteiger partial charge on any atom is -0.342 e. The van der Waals surface area contributed by atoms with E-state index >= 15 is 0 Å². The van der Waals surface area contributed by atoms with Crippen molar-refractivity contribution in [3.63, 3.8) is 0 Å². The average Bonchev–Trinajstić information content (AvgIpc) is 2.58. The van der Waals surface area contributed by atoms with Gasteiger partial charge in [0, 0.05) is 19.0 Å². The van der Waals surface area contributed by atoms with Gasteiger partial charge in [0.15, 0.2) is 0 Å². The van der Waals surface area contributed by atoms with Crippen LogP contribution in [0.3, 0.4) is 0 Å². The summed E-state index contributed by atoms with van der Waals surface area (Å²) in [5.41, 5.74) is -0.577. The number of carbonyl (C=O) groups excluding carboxylic acids is 2. The smallest absolute Gasteiger partial charge is 0.248 e. The molecule has 1 aliphatic heterocycles. The first kappa shape index (κ1) is 14.9. The predicted octanol–water partition coefficient (Wildman–Crippen LogP) is 2.62. The first-order valence-electron chi connectivity index (χ1n) is 8.73. The topological polar surface area (TPSA) is 49.4 Å². The molecule has 4 heteroatoms. The molecule has 0 aromatic rings. The summed E-state index contributed by atoms with van der Waals surface area (Å²) < 4.78 is 0. The van der Waals surface area contributed by atoms with E-state index in [1.165, 1.54) is 19.3 Å². The summed E-state index contributed by atoms with van der Waals surface area (Å²) >= 11 is 0. The van der Waals surface area contributed by atoms with E-state index in [0.717, 1.165) is 38.5 Å². The maximum Gasteiger partial charge on any atom is 0.248 e. The van der Waals surface area contributed by atoms with Gasteiger partial charge in [-0.3, -0.25) is 9.59 Å². The lowest BCUT2D eigenvalue weighted by molar-refractivity contribution is -0.143. The summed E-state index contributed by atoms with van der Waals surface area (Å²) in [5, 5.41) is 3.09. The van der Waals surface area contributed by atoms with Crippen molar-refractivity contribution >= 4 is 11.8 Å². The van der Waals surface area contributed by atoms with Crippen molar-refractivity contribution in [2.75, 3.05) is 6.54 Å². The molecule has 1 spiro atoms. The molecule has 1 saturated heterocycles. The number of carbonyl (C=O) groups is 2. The van der Waals surface area contributed by atoms with Gasteiger partial charge in [0.25, 0.3) is 0 Å². The Balaban J connectivity index is 1.82. The highest BCUT2D eigenvalue weighted by Gasteiger charge is 2.46. The third kappa shape index (κ3) is 2.95. The molecule has 0 aromatic carbocycles. The molecule has 118 valence electrons. The summed E-state index contributed by atoms with van der Waals surface area (Å²) in [6.45, 7) is 2.90. The molecule has 3 aliphatic rings. The Hall–Kier alpha value is -1.06. The lowest BCUT2D eigenvalue weighted by Crippen LogP contribution is -2.60. The maximum atomic E-state index is 13.2. The molecule has 0 radical (unpaired) electrons. The largest absolute Gasteiger partial charge is 0.342 e. The minimum absolute atomic E-state index is 0.0663. The Kier molecular flexibility index (Phi) is 4.23. The third-order valence-corrected chi connectivity index (χ3v) is 5.69. The van der Waals surface area contributed by atoms with Crippen LogP contribution in [0, 0.1) is 5.92 Å². The highest BCUT2D eigenvalue weighted by atomic mass is 16.2. The van der Waals surface area contributed by atoms with E-state index in [4.69, 9.17) is 0 Å². The van der Waals surface area contributed by atoms with E-state index in [1.54, 1.807) is 0 Å². The van der Waals surface area contributed by atoms with Crippen LogP contribution in [0.5, 0.6) is 0 Å². The van der Waals surface area contributed by atoms with Crippen LogP contribution in [0.4, 0.5) is 0 Å². The van der Waals surface area contributed by atoms with E-state index in [2.05, 4.69) is 17.1 Å². The quantitative estimate of drug-likeness (QED) is 0.807. The van der Waals surface area contributed by atoms with Crippen LogP contribution < -0.4 is 5.32 Å². The molecule has 2 saturated carbocycles.